The number of rotatable bonds is 11. The summed E-state index contributed by atoms with van der Waals surface area (Å²) in [5.41, 5.74) is 4.68. The molecule has 0 saturated heterocycles. The summed E-state index contributed by atoms with van der Waals surface area (Å²) in [7, 11) is 0. The van der Waals surface area contributed by atoms with Crippen molar-refractivity contribution in [2.24, 2.45) is 0 Å². The van der Waals surface area contributed by atoms with E-state index in [1.165, 1.54) is 0 Å². The molecule has 0 aromatic heterocycles. The molecule has 3 aromatic rings. The molecule has 0 fully saturated rings. The number of carbonyl (C=O) groups excluding carboxylic acids is 1. The van der Waals surface area contributed by atoms with E-state index in [1.54, 1.807) is 12.1 Å². The maximum absolute atomic E-state index is 12.9. The molecule has 0 aliphatic carbocycles. The van der Waals surface area contributed by atoms with Crippen LogP contribution in [0, 0.1) is 6.92 Å². The summed E-state index contributed by atoms with van der Waals surface area (Å²) in [5.74, 6) is -0.810. The maximum atomic E-state index is 12.9. The Labute approximate surface area is 208 Å². The number of ether oxygens (including phenoxy) is 1. The van der Waals surface area contributed by atoms with Gasteiger partial charge in [0.05, 0.1) is 17.8 Å². The molecule has 0 radical (unpaired) electrons. The lowest BCUT2D eigenvalue weighted by Crippen LogP contribution is -2.26. The van der Waals surface area contributed by atoms with Crippen molar-refractivity contribution in [3.05, 3.63) is 89.5 Å². The van der Waals surface area contributed by atoms with Gasteiger partial charge in [-0.2, -0.15) is 0 Å². The lowest BCUT2D eigenvalue weighted by Gasteiger charge is -2.27. The highest BCUT2D eigenvalue weighted by molar-refractivity contribution is 5.96. The number of nitrogens with one attached hydrogen (secondary N) is 1. The van der Waals surface area contributed by atoms with Gasteiger partial charge in [0, 0.05) is 19.2 Å². The second kappa shape index (κ2) is 14.5. The summed E-state index contributed by atoms with van der Waals surface area (Å²) in [4.78, 5) is 26.0. The Bertz CT molecular complexity index is 1070. The third-order valence-electron chi connectivity index (χ3n) is 5.14. The fourth-order valence-electron chi connectivity index (χ4n) is 3.57. The monoisotopic (exact) mass is 476 g/mol. The van der Waals surface area contributed by atoms with Gasteiger partial charge in [0.15, 0.2) is 6.61 Å². The van der Waals surface area contributed by atoms with Gasteiger partial charge in [0.1, 0.15) is 5.75 Å². The minimum Gasteiger partial charge on any atom is -0.482 e. The molecule has 6 heteroatoms. The van der Waals surface area contributed by atoms with Gasteiger partial charge in [-0.15, -0.1) is 0 Å². The molecule has 1 amide bonds. The van der Waals surface area contributed by atoms with Crippen LogP contribution in [0.1, 0.15) is 43.9 Å². The number of carbonyl (C=O) groups is 2. The van der Waals surface area contributed by atoms with E-state index in [9.17, 15) is 9.59 Å². The molecule has 35 heavy (non-hydrogen) atoms. The lowest BCUT2D eigenvalue weighted by molar-refractivity contribution is -0.139. The largest absolute Gasteiger partial charge is 0.482 e. The quantitative estimate of drug-likeness (QED) is 0.350. The van der Waals surface area contributed by atoms with Gasteiger partial charge in [-0.3, -0.25) is 4.79 Å². The zero-order chi connectivity index (χ0) is 25.6. The SMILES string of the molecule is CC.CCCN(Cc1ccccc1)c1ccc(OCC(=O)O)cc1NC(=O)Cc1ccc(C)cc1. The molecule has 3 aromatic carbocycles. The number of nitrogens with zero attached hydrogens (tertiary/aromatic N) is 1. The molecule has 0 spiro atoms. The number of amides is 1. The van der Waals surface area contributed by atoms with Crippen molar-refractivity contribution in [3.63, 3.8) is 0 Å². The average Bonchev–Trinajstić information content (AvgIpc) is 2.86. The minimum atomic E-state index is -1.05. The van der Waals surface area contributed by atoms with Gasteiger partial charge in [0.25, 0.3) is 0 Å². The van der Waals surface area contributed by atoms with E-state index >= 15 is 0 Å². The van der Waals surface area contributed by atoms with E-state index in [1.807, 2.05) is 69.3 Å². The molecule has 0 aliphatic rings. The van der Waals surface area contributed by atoms with Gasteiger partial charge in [-0.05, 0) is 36.6 Å². The highest BCUT2D eigenvalue weighted by atomic mass is 16.5. The lowest BCUT2D eigenvalue weighted by atomic mass is 10.1. The van der Waals surface area contributed by atoms with Crippen molar-refractivity contribution in [3.8, 4) is 5.75 Å². The molecule has 3 rings (SSSR count). The van der Waals surface area contributed by atoms with E-state index in [0.717, 1.165) is 35.3 Å². The van der Waals surface area contributed by atoms with E-state index < -0.39 is 12.6 Å². The van der Waals surface area contributed by atoms with Gasteiger partial charge in [-0.1, -0.05) is 80.9 Å². The van der Waals surface area contributed by atoms with Crippen LogP contribution < -0.4 is 15.0 Å². The normalized spacial score (nSPS) is 10.1. The number of hydrogen-bond acceptors (Lipinski definition) is 4. The summed E-state index contributed by atoms with van der Waals surface area (Å²) < 4.78 is 5.36. The molecule has 0 bridgehead atoms. The summed E-state index contributed by atoms with van der Waals surface area (Å²) >= 11 is 0. The molecule has 0 saturated carbocycles. The predicted molar refractivity (Wildman–Crippen MR) is 142 cm³/mol. The van der Waals surface area contributed by atoms with E-state index in [4.69, 9.17) is 9.84 Å². The van der Waals surface area contributed by atoms with Crippen LogP contribution in [-0.2, 0) is 22.6 Å². The van der Waals surface area contributed by atoms with Gasteiger partial charge < -0.3 is 20.1 Å². The minimum absolute atomic E-state index is 0.147. The molecule has 0 atom stereocenters. The van der Waals surface area contributed by atoms with E-state index in [-0.39, 0.29) is 12.3 Å². The third kappa shape index (κ3) is 9.16. The van der Waals surface area contributed by atoms with Crippen LogP contribution in [0.4, 0.5) is 11.4 Å². The molecule has 6 nitrogen and oxygen atoms in total. The van der Waals surface area contributed by atoms with Crippen molar-refractivity contribution in [2.45, 2.75) is 47.1 Å². The number of carboxylic acids is 1. The van der Waals surface area contributed by atoms with Crippen LogP contribution >= 0.6 is 0 Å². The Balaban J connectivity index is 0.00000210. The van der Waals surface area contributed by atoms with Gasteiger partial charge >= 0.3 is 5.97 Å². The number of hydrogen-bond donors (Lipinski definition) is 2. The molecule has 0 aliphatic heterocycles. The third-order valence-corrected chi connectivity index (χ3v) is 5.14. The van der Waals surface area contributed by atoms with Crippen LogP contribution in [0.2, 0.25) is 0 Å². The maximum Gasteiger partial charge on any atom is 0.341 e. The topological polar surface area (TPSA) is 78.9 Å². The first-order valence-corrected chi connectivity index (χ1v) is 12.1. The first-order valence-electron chi connectivity index (χ1n) is 12.1. The van der Waals surface area contributed by atoms with Crippen LogP contribution in [0.5, 0.6) is 5.75 Å². The molecule has 0 unspecified atom stereocenters. The molecule has 0 heterocycles. The summed E-state index contributed by atoms with van der Waals surface area (Å²) in [5, 5.41) is 12.0. The number of carboxylic acid groups (broad SMARTS) is 1. The molecule has 2 N–H and O–H groups in total. The summed E-state index contributed by atoms with van der Waals surface area (Å²) in [6.45, 7) is 9.15. The zero-order valence-electron chi connectivity index (χ0n) is 21.1. The Hall–Kier alpha value is -3.80. The smallest absolute Gasteiger partial charge is 0.341 e. The standard InChI is InChI=1S/C27H30N2O4.C2H6/c1-3-15-29(18-22-7-5-4-6-8-22)25-14-13-23(33-19-27(31)32)17-24(25)28-26(30)16-21-11-9-20(2)10-12-21;1-2/h4-14,17H,3,15-16,18-19H2,1-2H3,(H,28,30)(H,31,32);1-2H3. The zero-order valence-corrected chi connectivity index (χ0v) is 21.1. The predicted octanol–water partition coefficient (Wildman–Crippen LogP) is 6.08. The Kier molecular flexibility index (Phi) is 11.3. The number of aliphatic carboxylic acids is 1. The van der Waals surface area contributed by atoms with Crippen LogP contribution in [0.15, 0.2) is 72.8 Å². The summed E-state index contributed by atoms with van der Waals surface area (Å²) in [6.07, 6.45) is 1.17. The first kappa shape index (κ1) is 27.4. The first-order chi connectivity index (χ1) is 16.9. The van der Waals surface area contributed by atoms with Crippen molar-refractivity contribution in [1.29, 1.82) is 0 Å². The van der Waals surface area contributed by atoms with Gasteiger partial charge in [0.2, 0.25) is 5.91 Å². The molecule has 186 valence electrons. The molecular weight excluding hydrogens is 440 g/mol. The second-order valence-electron chi connectivity index (χ2n) is 7.98. The highest BCUT2D eigenvalue weighted by Crippen LogP contribution is 2.32. The van der Waals surface area contributed by atoms with E-state index in [0.29, 0.717) is 18.0 Å². The number of aryl methyl sites for hydroxylation is 1. The Morgan fingerprint density at radius 2 is 1.63 bits per heavy atom. The average molecular weight is 477 g/mol. The fourth-order valence-corrected chi connectivity index (χ4v) is 3.57. The Morgan fingerprint density at radius 3 is 2.26 bits per heavy atom. The van der Waals surface area contributed by atoms with Crippen molar-refractivity contribution in [1.82, 2.24) is 0 Å². The van der Waals surface area contributed by atoms with Crippen LogP contribution in [0.25, 0.3) is 0 Å². The number of benzene rings is 3. The molecular formula is C29H36N2O4. The van der Waals surface area contributed by atoms with Crippen molar-refractivity contribution in [2.75, 3.05) is 23.4 Å². The van der Waals surface area contributed by atoms with Crippen molar-refractivity contribution < 1.29 is 19.4 Å². The van der Waals surface area contributed by atoms with Crippen LogP contribution in [-0.4, -0.2) is 30.1 Å². The van der Waals surface area contributed by atoms with Crippen LogP contribution in [0.3, 0.4) is 0 Å². The summed E-state index contributed by atoms with van der Waals surface area (Å²) in [6, 6.07) is 23.3. The fraction of sp³-hybridized carbons (Fsp3) is 0.310. The van der Waals surface area contributed by atoms with E-state index in [2.05, 4.69) is 29.3 Å². The van der Waals surface area contributed by atoms with Crippen molar-refractivity contribution >= 4 is 23.3 Å². The highest BCUT2D eigenvalue weighted by Gasteiger charge is 2.16. The van der Waals surface area contributed by atoms with Gasteiger partial charge in [-0.25, -0.2) is 4.79 Å². The Morgan fingerprint density at radius 1 is 0.943 bits per heavy atom. The second-order valence-corrected chi connectivity index (χ2v) is 7.98. The number of anilines is 2.